The van der Waals surface area contributed by atoms with Crippen LogP contribution in [0.25, 0.3) is 5.57 Å². The monoisotopic (exact) mass is 509 g/mol. The molecule has 0 unspecified atom stereocenters. The smallest absolute Gasteiger partial charge is 0.338 e. The summed E-state index contributed by atoms with van der Waals surface area (Å²) in [7, 11) is 0. The third-order valence-electron chi connectivity index (χ3n) is 5.43. The quantitative estimate of drug-likeness (QED) is 0.344. The molecule has 1 N–H and O–H groups in total. The zero-order valence-corrected chi connectivity index (χ0v) is 20.8. The third-order valence-corrected chi connectivity index (χ3v) is 6.88. The van der Waals surface area contributed by atoms with Gasteiger partial charge >= 0.3 is 5.97 Å². The Morgan fingerprint density at radius 2 is 1.71 bits per heavy atom. The van der Waals surface area contributed by atoms with E-state index in [1.807, 2.05) is 6.92 Å². The molecule has 0 spiro atoms. The number of benzene rings is 2. The van der Waals surface area contributed by atoms with Crippen molar-refractivity contribution < 1.29 is 23.9 Å². The largest absolute Gasteiger partial charge is 0.462 e. The Balaban J connectivity index is 1.55. The lowest BCUT2D eigenvalue weighted by molar-refractivity contribution is -0.122. The van der Waals surface area contributed by atoms with Crippen molar-refractivity contribution in [1.82, 2.24) is 4.90 Å². The highest BCUT2D eigenvalue weighted by Gasteiger charge is 2.42. The average molecular weight is 510 g/mol. The molecule has 2 aliphatic rings. The second-order valence-corrected chi connectivity index (χ2v) is 9.43. The molecule has 3 amide bonds. The first kappa shape index (κ1) is 24.6. The van der Waals surface area contributed by atoms with E-state index in [1.54, 1.807) is 55.5 Å². The van der Waals surface area contributed by atoms with Gasteiger partial charge in [-0.15, -0.1) is 0 Å². The zero-order valence-electron chi connectivity index (χ0n) is 19.2. The summed E-state index contributed by atoms with van der Waals surface area (Å²) < 4.78 is 5.38. The molecule has 0 atom stereocenters. The predicted molar refractivity (Wildman–Crippen MR) is 139 cm³/mol. The number of rotatable bonds is 7. The molecule has 8 nitrogen and oxygen atoms in total. The first-order valence-electron chi connectivity index (χ1n) is 11.1. The van der Waals surface area contributed by atoms with E-state index in [1.165, 1.54) is 9.80 Å². The Morgan fingerprint density at radius 1 is 1.00 bits per heavy atom. The van der Waals surface area contributed by atoms with Gasteiger partial charge in [-0.2, -0.15) is 0 Å². The van der Waals surface area contributed by atoms with Crippen molar-refractivity contribution in [1.29, 1.82) is 0 Å². The van der Waals surface area contributed by atoms with Crippen LogP contribution in [0.1, 0.15) is 36.2 Å². The molecule has 10 heteroatoms. The van der Waals surface area contributed by atoms with E-state index < -0.39 is 17.8 Å². The minimum atomic E-state index is -0.443. The number of thiocarbonyl (C=S) groups is 1. The van der Waals surface area contributed by atoms with Crippen LogP contribution >= 0.6 is 24.0 Å². The first-order chi connectivity index (χ1) is 16.8. The third kappa shape index (κ3) is 4.85. The Labute approximate surface area is 212 Å². The van der Waals surface area contributed by atoms with E-state index in [0.717, 1.165) is 18.2 Å². The molecule has 180 valence electrons. The Morgan fingerprint density at radius 3 is 2.40 bits per heavy atom. The molecule has 2 aliphatic heterocycles. The molecule has 35 heavy (non-hydrogen) atoms. The second kappa shape index (κ2) is 10.4. The number of hydrogen-bond donors (Lipinski definition) is 1. The number of para-hydroxylation sites is 1. The fourth-order valence-electron chi connectivity index (χ4n) is 3.87. The van der Waals surface area contributed by atoms with E-state index in [-0.39, 0.29) is 24.6 Å². The zero-order chi connectivity index (χ0) is 25.1. The Hall–Kier alpha value is -3.50. The van der Waals surface area contributed by atoms with Crippen molar-refractivity contribution in [2.75, 3.05) is 29.9 Å². The van der Waals surface area contributed by atoms with Crippen LogP contribution in [-0.4, -0.2) is 52.6 Å². The van der Waals surface area contributed by atoms with Crippen molar-refractivity contribution in [3.8, 4) is 0 Å². The lowest BCUT2D eigenvalue weighted by Gasteiger charge is -2.17. The van der Waals surface area contributed by atoms with Crippen LogP contribution in [0.15, 0.2) is 53.4 Å². The molecule has 1 fully saturated rings. The van der Waals surface area contributed by atoms with E-state index in [9.17, 15) is 19.2 Å². The first-order valence-corrected chi connectivity index (χ1v) is 12.3. The average Bonchev–Trinajstić information content (AvgIpc) is 3.27. The molecule has 0 aromatic heterocycles. The predicted octanol–water partition coefficient (Wildman–Crippen LogP) is 3.83. The van der Waals surface area contributed by atoms with Crippen LogP contribution in [0.3, 0.4) is 0 Å². The van der Waals surface area contributed by atoms with E-state index in [0.29, 0.717) is 38.3 Å². The molecule has 0 saturated carbocycles. The van der Waals surface area contributed by atoms with Crippen LogP contribution in [-0.2, 0) is 19.1 Å². The molecule has 2 aromatic carbocycles. The maximum absolute atomic E-state index is 13.4. The number of fused-ring (bicyclic) bond motifs is 1. The molecular weight excluding hydrogens is 486 g/mol. The number of nitrogens with zero attached hydrogens (tertiary/aromatic N) is 2. The van der Waals surface area contributed by atoms with Crippen LogP contribution in [0.2, 0.25) is 0 Å². The van der Waals surface area contributed by atoms with Crippen molar-refractivity contribution in [2.45, 2.75) is 20.3 Å². The summed E-state index contributed by atoms with van der Waals surface area (Å²) in [5.41, 5.74) is 2.27. The normalized spacial score (nSPS) is 17.1. The van der Waals surface area contributed by atoms with Crippen molar-refractivity contribution >= 4 is 68.9 Å². The summed E-state index contributed by atoms with van der Waals surface area (Å²) in [5.74, 6) is -1.57. The molecule has 0 aliphatic carbocycles. The fraction of sp³-hybridized carbons (Fsp3) is 0.240. The maximum atomic E-state index is 13.4. The number of hydrogen-bond acceptors (Lipinski definition) is 7. The van der Waals surface area contributed by atoms with E-state index >= 15 is 0 Å². The highest BCUT2D eigenvalue weighted by molar-refractivity contribution is 8.26. The van der Waals surface area contributed by atoms with E-state index in [2.05, 4.69) is 5.32 Å². The molecule has 0 radical (unpaired) electrons. The summed E-state index contributed by atoms with van der Waals surface area (Å²) in [6, 6.07) is 13.4. The molecule has 0 bridgehead atoms. The SMILES string of the molecule is CCCN1C(=O)C(=C2C(=O)N(CC(=O)Nc3ccc(C(=O)OCC)cc3)c3ccccc32)SC1=S. The number of nitrogens with one attached hydrogen (secondary N) is 1. The standard InChI is InChI=1S/C25H23N3O5S2/c1-3-13-27-23(31)21(35-25(27)34)20-17-7-5-6-8-18(17)28(22(20)30)14-19(29)26-16-11-9-15(10-12-16)24(32)33-4-2/h5-12H,3-4,13-14H2,1-2H3,(H,26,29). The number of thioether (sulfide) groups is 1. The lowest BCUT2D eigenvalue weighted by Crippen LogP contribution is -2.35. The van der Waals surface area contributed by atoms with Gasteiger partial charge in [0.05, 0.1) is 28.3 Å². The fourth-order valence-corrected chi connectivity index (χ4v) is 5.25. The highest BCUT2D eigenvalue weighted by atomic mass is 32.2. The highest BCUT2D eigenvalue weighted by Crippen LogP contribution is 2.44. The summed E-state index contributed by atoms with van der Waals surface area (Å²) in [5, 5.41) is 2.74. The molecular formula is C25H23N3O5S2. The summed E-state index contributed by atoms with van der Waals surface area (Å²) in [6.07, 6.45) is 0.743. The van der Waals surface area contributed by atoms with Gasteiger partial charge in [-0.3, -0.25) is 24.2 Å². The Kier molecular flexibility index (Phi) is 7.32. The Bertz CT molecular complexity index is 1260. The molecule has 2 heterocycles. The number of amides is 3. The minimum Gasteiger partial charge on any atom is -0.462 e. The van der Waals surface area contributed by atoms with Crippen molar-refractivity contribution in [2.24, 2.45) is 0 Å². The van der Waals surface area contributed by atoms with Gasteiger partial charge in [0, 0.05) is 17.8 Å². The van der Waals surface area contributed by atoms with Crippen LogP contribution in [0, 0.1) is 0 Å². The topological polar surface area (TPSA) is 96.0 Å². The molecule has 2 aromatic rings. The van der Waals surface area contributed by atoms with Gasteiger partial charge in [0.1, 0.15) is 10.9 Å². The number of ether oxygens (including phenoxy) is 1. The van der Waals surface area contributed by atoms with Crippen LogP contribution in [0.4, 0.5) is 11.4 Å². The lowest BCUT2D eigenvalue weighted by atomic mass is 10.1. The van der Waals surface area contributed by atoms with Gasteiger partial charge < -0.3 is 10.1 Å². The number of carbonyl (C=O) groups is 4. The summed E-state index contributed by atoms with van der Waals surface area (Å²) in [4.78, 5) is 54.2. The summed E-state index contributed by atoms with van der Waals surface area (Å²) in [6.45, 7) is 4.19. The van der Waals surface area contributed by atoms with E-state index in [4.69, 9.17) is 17.0 Å². The summed E-state index contributed by atoms with van der Waals surface area (Å²) >= 11 is 6.48. The second-order valence-electron chi connectivity index (χ2n) is 7.78. The number of esters is 1. The number of carbonyl (C=O) groups excluding carboxylic acids is 4. The maximum Gasteiger partial charge on any atom is 0.338 e. The molecule has 1 saturated heterocycles. The van der Waals surface area contributed by atoms with Gasteiger partial charge in [-0.05, 0) is 43.7 Å². The number of anilines is 2. The van der Waals surface area contributed by atoms with Crippen molar-refractivity contribution in [3.63, 3.8) is 0 Å². The van der Waals surface area contributed by atoms with Gasteiger partial charge in [-0.25, -0.2) is 4.79 Å². The van der Waals surface area contributed by atoms with Crippen LogP contribution < -0.4 is 10.2 Å². The van der Waals surface area contributed by atoms with Gasteiger partial charge in [0.2, 0.25) is 5.91 Å². The minimum absolute atomic E-state index is 0.242. The van der Waals surface area contributed by atoms with Crippen molar-refractivity contribution in [3.05, 3.63) is 64.6 Å². The van der Waals surface area contributed by atoms with Gasteiger partial charge in [0.25, 0.3) is 11.8 Å². The van der Waals surface area contributed by atoms with Gasteiger partial charge in [0.15, 0.2) is 0 Å². The van der Waals surface area contributed by atoms with Gasteiger partial charge in [-0.1, -0.05) is 49.1 Å². The molecule has 4 rings (SSSR count). The van der Waals surface area contributed by atoms with Crippen LogP contribution in [0.5, 0.6) is 0 Å².